The molecule has 710 valence electrons. The summed E-state index contributed by atoms with van der Waals surface area (Å²) < 4.78 is 134. The van der Waals surface area contributed by atoms with Gasteiger partial charge >= 0.3 is 86.5 Å². The Kier molecular flexibility index (Phi) is 46.2. The van der Waals surface area contributed by atoms with Crippen molar-refractivity contribution in [3.8, 4) is 6.01 Å². The van der Waals surface area contributed by atoms with E-state index in [1.807, 2.05) is 20.8 Å². The van der Waals surface area contributed by atoms with E-state index in [0.717, 1.165) is 28.1 Å². The van der Waals surface area contributed by atoms with Crippen LogP contribution in [0.4, 0.5) is 37.0 Å². The fourth-order valence-electron chi connectivity index (χ4n) is 10.5. The molecule has 0 aromatic carbocycles. The van der Waals surface area contributed by atoms with Crippen LogP contribution in [0.1, 0.15) is 115 Å². The van der Waals surface area contributed by atoms with E-state index in [1.165, 1.54) is 81.4 Å². The van der Waals surface area contributed by atoms with Gasteiger partial charge in [-0.25, -0.2) is 34.3 Å². The largest absolute Gasteiger partial charge is 0.522 e. The Morgan fingerprint density at radius 2 is 0.840 bits per heavy atom. The number of nitrogens with zero attached hydrogens (tertiary/aromatic N) is 11. The summed E-state index contributed by atoms with van der Waals surface area (Å²) in [5.74, 6) is -4.14. The monoisotopic (exact) mass is 1870 g/mol. The summed E-state index contributed by atoms with van der Waals surface area (Å²) >= 11 is 0. The molecule has 8 unspecified atom stereocenters. The topological polar surface area (TPSA) is 734 Å². The number of aliphatic hydroxyl groups excluding tert-OH is 7. The highest BCUT2D eigenvalue weighted by molar-refractivity contribution is 7.88. The maximum Gasteiger partial charge on any atom is 0.522 e. The van der Waals surface area contributed by atoms with E-state index in [1.54, 1.807) is 0 Å². The molecule has 5 fully saturated rings. The Morgan fingerprint density at radius 3 is 1.14 bits per heavy atom. The van der Waals surface area contributed by atoms with Crippen molar-refractivity contribution in [1.29, 1.82) is 0 Å². The quantitative estimate of drug-likeness (QED) is 0.0188. The molecule has 9 rings (SSSR count). The summed E-state index contributed by atoms with van der Waals surface area (Å²) in [7, 11) is -11.2. The summed E-state index contributed by atoms with van der Waals surface area (Å²) in [5.41, 5.74) is 8.37. The predicted octanol–water partition coefficient (Wildman–Crippen LogP) is -1.86. The number of hydrogen-bond donors (Lipinski definition) is 12. The number of rotatable bonds is 21. The normalized spacial score (nSPS) is 25.8. The second-order valence-corrected chi connectivity index (χ2v) is 44.7. The summed E-state index contributed by atoms with van der Waals surface area (Å²) in [6, 6.07) is 0.426. The zero-order chi connectivity index (χ0) is 95.2. The highest BCUT2D eigenvalue weighted by Gasteiger charge is 2.54. The van der Waals surface area contributed by atoms with Gasteiger partial charge in [-0.05, 0) is 58.5 Å². The van der Waals surface area contributed by atoms with Crippen LogP contribution in [0.2, 0.25) is 58.9 Å². The van der Waals surface area contributed by atoms with Gasteiger partial charge in [0.25, 0.3) is 0 Å². The minimum Gasteiger partial charge on any atom is -0.518 e. The number of nitrogens with one attached hydrogen (secondary N) is 2. The molecule has 4 aromatic heterocycles. The number of aromatic nitrogens is 12. The first-order valence-electron chi connectivity index (χ1n) is 37.2. The third-order valence-corrected chi connectivity index (χ3v) is 20.4. The first-order valence-corrected chi connectivity index (χ1v) is 48.9. The molecule has 0 radical (unpaired) electrons. The van der Waals surface area contributed by atoms with Gasteiger partial charge in [-0.15, -0.1) is 0 Å². The Morgan fingerprint density at radius 1 is 0.480 bits per heavy atom. The van der Waals surface area contributed by atoms with Crippen molar-refractivity contribution in [2.45, 2.75) is 290 Å². The Balaban J connectivity index is 0.000000725. The summed E-state index contributed by atoms with van der Waals surface area (Å²) in [6.45, 7) is 31.3. The second kappa shape index (κ2) is 51.0. The van der Waals surface area contributed by atoms with Gasteiger partial charge < -0.3 is 128 Å². The first kappa shape index (κ1) is 113. The van der Waals surface area contributed by atoms with Gasteiger partial charge in [-0.3, -0.25) is 52.5 Å². The van der Waals surface area contributed by atoms with Gasteiger partial charge in [0.15, 0.2) is 43.2 Å². The molecular formula is C67H113F3N16O35SSi3. The number of halogens is 3. The third kappa shape index (κ3) is 39.2. The van der Waals surface area contributed by atoms with Crippen LogP contribution in [0, 0.1) is 0 Å². The number of carbonyl (C=O) groups excluding carboxylic acids is 8. The smallest absolute Gasteiger partial charge is 0.518 e. The Bertz CT molecular complexity index is 4340. The molecule has 0 aliphatic carbocycles. The number of anilines is 4. The van der Waals surface area contributed by atoms with Crippen molar-refractivity contribution in [2.24, 2.45) is 0 Å². The number of hydrogen-bond acceptors (Lipinski definition) is 48. The number of nitrogen functional groups attached to an aromatic ring is 3. The van der Waals surface area contributed by atoms with Gasteiger partial charge in [0.05, 0.1) is 13.2 Å². The molecule has 15 N–H and O–H groups in total. The number of carbonyl (C=O) groups is 8. The number of aliphatic hydroxyl groups is 7. The molecule has 0 amide bonds. The van der Waals surface area contributed by atoms with E-state index >= 15 is 0 Å². The van der Waals surface area contributed by atoms with Crippen LogP contribution in [-0.4, -0.2) is 305 Å². The molecular weight excluding hydrogens is 1760 g/mol. The van der Waals surface area contributed by atoms with Crippen LogP contribution in [0.5, 0.6) is 6.01 Å². The summed E-state index contributed by atoms with van der Waals surface area (Å²) in [6.07, 6.45) is -13.1. The molecule has 4 aromatic rings. The lowest BCUT2D eigenvalue weighted by atomic mass is 10.1. The van der Waals surface area contributed by atoms with Crippen molar-refractivity contribution >= 4 is 107 Å². The second-order valence-electron chi connectivity index (χ2n) is 29.3. The maximum absolute atomic E-state index is 12.0. The minimum atomic E-state index is -5.39. The number of nitrogens with two attached hydrogens (primary N) is 3. The molecule has 9 heterocycles. The van der Waals surface area contributed by atoms with Crippen LogP contribution >= 0.6 is 0 Å². The van der Waals surface area contributed by atoms with Gasteiger partial charge in [0.1, 0.15) is 88.5 Å². The third-order valence-electron chi connectivity index (χ3n) is 15.2. The summed E-state index contributed by atoms with van der Waals surface area (Å²) in [5, 5.41) is 63.0. The zero-order valence-electron chi connectivity index (χ0n) is 71.1. The number of esters is 8. The fraction of sp³-hybridized carbons (Fsp3) is 0.701. The lowest BCUT2D eigenvalue weighted by Crippen LogP contribution is -2.41. The van der Waals surface area contributed by atoms with Crippen molar-refractivity contribution in [2.75, 3.05) is 35.4 Å². The molecule has 125 heavy (non-hydrogen) atoms. The maximum atomic E-state index is 12.0. The minimum absolute atomic E-state index is 0. The van der Waals surface area contributed by atoms with Crippen molar-refractivity contribution < 1.29 is 166 Å². The molecule has 51 nitrogen and oxygen atoms in total. The average Bonchev–Trinajstić information content (AvgIpc) is 1.65. The van der Waals surface area contributed by atoms with Crippen molar-refractivity contribution in [3.05, 3.63) is 56.8 Å². The molecule has 0 bridgehead atoms. The molecule has 5 saturated heterocycles. The van der Waals surface area contributed by atoms with Gasteiger partial charge in [-0.2, -0.15) is 46.5 Å². The predicted molar refractivity (Wildman–Crippen MR) is 427 cm³/mol. The highest BCUT2D eigenvalue weighted by Crippen LogP contribution is 2.36. The molecule has 0 spiro atoms. The van der Waals surface area contributed by atoms with Crippen LogP contribution in [-0.2, 0) is 114 Å². The lowest BCUT2D eigenvalue weighted by Gasteiger charge is -2.23. The molecule has 5 aliphatic rings. The fourth-order valence-corrected chi connectivity index (χ4v) is 15.0. The number of ether oxygens (including phenoxy) is 13. The molecule has 0 saturated carbocycles. The molecule has 20 atom stereocenters. The SMILES string of the molecule is C.CC[C@H]1OC(OC(C)=O)C(OC(C)=O)[C@H]1OC(C)=O.CC[C@H]1OC(OC(C)=O)C(OC(C)=O)[C@H]1OC(C)=O.CC[C@H]1O[C@@H](n2cnc(N)nc2=O)C(OC(C)=O)[C@H]1OC(C)=O.C[Si](C)(C)Nc1ncnc(O[Si](C)(C)C)n1.C[Si](C)(C)OS(=O)(=O)C(F)(F)F.Nc1ncn([C@@H]2O[C@H](CO)[C@H](O)C2O)c(=O)n1.Nc1ncnc(=O)[nH]1.OC[C@H]1OC(O)C(O)[C@H]1O. The molecule has 58 heteroatoms. The van der Waals surface area contributed by atoms with E-state index in [-0.39, 0.29) is 25.3 Å². The van der Waals surface area contributed by atoms with Crippen LogP contribution in [0.15, 0.2) is 39.7 Å². The summed E-state index contributed by atoms with van der Waals surface area (Å²) in [4.78, 5) is 162. The first-order chi connectivity index (χ1) is 57.1. The van der Waals surface area contributed by atoms with Crippen molar-refractivity contribution in [1.82, 2.24) is 59.0 Å². The lowest BCUT2D eigenvalue weighted by molar-refractivity contribution is -0.195. The van der Waals surface area contributed by atoms with E-state index in [9.17, 15) is 84.5 Å². The van der Waals surface area contributed by atoms with Gasteiger partial charge in [-0.1, -0.05) is 47.8 Å². The number of H-pyrrole nitrogens is 1. The van der Waals surface area contributed by atoms with Crippen LogP contribution in [0.25, 0.3) is 0 Å². The van der Waals surface area contributed by atoms with E-state index in [2.05, 4.69) is 103 Å². The van der Waals surface area contributed by atoms with Crippen LogP contribution < -0.4 is 43.7 Å². The van der Waals surface area contributed by atoms with Crippen LogP contribution in [0.3, 0.4) is 0 Å². The van der Waals surface area contributed by atoms with E-state index in [4.69, 9.17) is 104 Å². The number of aromatic amines is 1. The van der Waals surface area contributed by atoms with Crippen molar-refractivity contribution in [3.63, 3.8) is 0 Å². The van der Waals surface area contributed by atoms with Gasteiger partial charge in [0.2, 0.25) is 65.2 Å². The van der Waals surface area contributed by atoms with E-state index < -0.39 is 241 Å². The standard InChI is InChI=1S/C13H18N4O6.2C12H18O7.C9H20N4OSi2.C8H12N4O5.C5H10O5.C4H9F3O3SSi.C3H4N4O.CH4/c1-4-8-9(21-6(2)18)10(22-7(3)19)11(23-8)17-5-15-12(14)16-13(17)20;2*1-5-9-10(16-6(2)13)11(17-7(3)14)12(19-9)18-8(4)15;1-15(2,3)13-8-10-7-11-9(12-8)14-16(4,5)6;9-7-10-2-12(8(16)11-7)6-5(15)4(14)3(1-13)17-6;6-1-2-3(7)4(8)5(9)10-2;1-12(2,3)10-11(8,9)4(5,6)7;4-2-5-1-6-3(8)7-2;/h5,8-11H,4H2,1-3H3,(H2,14,16,20);2*9-12H,5H2,1-4H3;7H,1-6H3,(H,10,11,12,13);2-6,13-15H,1H2,(H2,9,11,16);2-9H,1H2;1-3H3;1H,(H3,4,5,6,7,8);1H4/t8-,9+,10?,11-;2*9-,10+,11?,12?;;3-,4+,5?,6-;2-,3+,4?,5?;;;/m111.11.../s1. The average molecular weight is 1880 g/mol. The molecule has 5 aliphatic heterocycles. The van der Waals surface area contributed by atoms with E-state index in [0.29, 0.717) is 31.2 Å². The van der Waals surface area contributed by atoms with Gasteiger partial charge in [0, 0.05) is 55.4 Å². The Hall–Kier alpha value is -9.93. The number of alkyl halides is 3. The zero-order valence-corrected chi connectivity index (χ0v) is 75.0. The highest BCUT2D eigenvalue weighted by atomic mass is 32.2. The Labute approximate surface area is 716 Å².